The number of piperidine rings is 1. The van der Waals surface area contributed by atoms with E-state index in [0.717, 1.165) is 45.3 Å². The quantitative estimate of drug-likeness (QED) is 0.820. The fourth-order valence-electron chi connectivity index (χ4n) is 3.30. The van der Waals surface area contributed by atoms with Gasteiger partial charge in [0.1, 0.15) is 0 Å². The van der Waals surface area contributed by atoms with Crippen molar-refractivity contribution < 1.29 is 9.90 Å². The maximum Gasteiger partial charge on any atom is 0.319 e. The Hall–Kier alpha value is -0.810. The van der Waals surface area contributed by atoms with E-state index < -0.39 is 0 Å². The molecule has 2 fully saturated rings. The molecule has 116 valence electrons. The number of nitrogens with one attached hydrogen (secondary N) is 1. The van der Waals surface area contributed by atoms with Crippen molar-refractivity contribution in [2.75, 3.05) is 33.7 Å². The zero-order valence-electron chi connectivity index (χ0n) is 12.8. The summed E-state index contributed by atoms with van der Waals surface area (Å²) < 4.78 is 0. The van der Waals surface area contributed by atoms with Gasteiger partial charge in [0.05, 0.1) is 6.10 Å². The Balaban J connectivity index is 1.68. The van der Waals surface area contributed by atoms with Crippen LogP contribution in [-0.2, 0) is 0 Å². The molecule has 1 heterocycles. The highest BCUT2D eigenvalue weighted by Gasteiger charge is 2.26. The van der Waals surface area contributed by atoms with Crippen LogP contribution >= 0.6 is 0 Å². The molecular weight excluding hydrogens is 254 g/mol. The number of rotatable bonds is 3. The molecule has 0 aromatic rings. The van der Waals surface area contributed by atoms with E-state index in [1.807, 2.05) is 4.90 Å². The van der Waals surface area contributed by atoms with Crippen LogP contribution in [-0.4, -0.2) is 66.8 Å². The van der Waals surface area contributed by atoms with Crippen LogP contribution in [0.5, 0.6) is 0 Å². The number of hydrogen-bond donors (Lipinski definition) is 2. The van der Waals surface area contributed by atoms with E-state index in [4.69, 9.17) is 0 Å². The number of carbonyl (C=O) groups is 1. The fraction of sp³-hybridized carbons (Fsp3) is 0.933. The van der Waals surface area contributed by atoms with Crippen molar-refractivity contribution in [1.29, 1.82) is 0 Å². The summed E-state index contributed by atoms with van der Waals surface area (Å²) in [6, 6.07) is 0.612. The van der Waals surface area contributed by atoms with Gasteiger partial charge in [0.2, 0.25) is 0 Å². The van der Waals surface area contributed by atoms with Crippen molar-refractivity contribution >= 4 is 6.03 Å². The summed E-state index contributed by atoms with van der Waals surface area (Å²) in [5, 5.41) is 13.6. The second-order valence-corrected chi connectivity index (χ2v) is 6.46. The Morgan fingerprint density at radius 1 is 1.20 bits per heavy atom. The maximum absolute atomic E-state index is 11.9. The average Bonchev–Trinajstić information content (AvgIpc) is 2.46. The number of hydrogen-bond acceptors (Lipinski definition) is 3. The summed E-state index contributed by atoms with van der Waals surface area (Å²) in [6.07, 6.45) is 6.44. The first-order valence-corrected chi connectivity index (χ1v) is 7.95. The van der Waals surface area contributed by atoms with Gasteiger partial charge in [-0.05, 0) is 31.6 Å². The molecule has 0 aromatic carbocycles. The van der Waals surface area contributed by atoms with Crippen LogP contribution in [0, 0.1) is 5.92 Å². The van der Waals surface area contributed by atoms with E-state index in [2.05, 4.69) is 5.32 Å². The summed E-state index contributed by atoms with van der Waals surface area (Å²) in [5.74, 6) is 0.421. The first-order chi connectivity index (χ1) is 9.58. The average molecular weight is 283 g/mol. The first kappa shape index (κ1) is 15.6. The minimum absolute atomic E-state index is 0.117. The third-order valence-electron chi connectivity index (χ3n) is 4.69. The molecule has 2 atom stereocenters. The molecule has 0 aromatic heterocycles. The van der Waals surface area contributed by atoms with E-state index in [9.17, 15) is 9.90 Å². The monoisotopic (exact) mass is 283 g/mol. The highest BCUT2D eigenvalue weighted by atomic mass is 16.3. The van der Waals surface area contributed by atoms with Crippen LogP contribution in [0.15, 0.2) is 0 Å². The van der Waals surface area contributed by atoms with Crippen LogP contribution in [0.1, 0.15) is 38.5 Å². The summed E-state index contributed by atoms with van der Waals surface area (Å²) in [5.41, 5.74) is 0. The van der Waals surface area contributed by atoms with E-state index in [1.165, 1.54) is 12.8 Å². The highest BCUT2D eigenvalue weighted by molar-refractivity contribution is 5.73. The van der Waals surface area contributed by atoms with E-state index in [0.29, 0.717) is 12.0 Å². The van der Waals surface area contributed by atoms with E-state index in [-0.39, 0.29) is 12.1 Å². The predicted octanol–water partition coefficient (Wildman–Crippen LogP) is 1.27. The van der Waals surface area contributed by atoms with Crippen molar-refractivity contribution in [3.8, 4) is 0 Å². The molecule has 2 aliphatic rings. The van der Waals surface area contributed by atoms with E-state index in [1.54, 1.807) is 19.0 Å². The molecule has 0 spiro atoms. The molecule has 2 N–H and O–H groups in total. The minimum Gasteiger partial charge on any atom is -0.393 e. The molecule has 2 unspecified atom stereocenters. The molecule has 5 heteroatoms. The van der Waals surface area contributed by atoms with Crippen LogP contribution in [0.2, 0.25) is 0 Å². The Labute approximate surface area is 122 Å². The molecule has 0 radical (unpaired) electrons. The summed E-state index contributed by atoms with van der Waals surface area (Å²) in [6.45, 7) is 2.59. The van der Waals surface area contributed by atoms with Crippen molar-refractivity contribution in [3.63, 3.8) is 0 Å². The molecule has 2 amide bonds. The van der Waals surface area contributed by atoms with Gasteiger partial charge in [0.15, 0.2) is 0 Å². The van der Waals surface area contributed by atoms with Gasteiger partial charge in [-0.25, -0.2) is 4.79 Å². The summed E-state index contributed by atoms with van der Waals surface area (Å²) in [4.78, 5) is 15.4. The zero-order chi connectivity index (χ0) is 14.5. The Morgan fingerprint density at radius 3 is 2.45 bits per heavy atom. The Morgan fingerprint density at radius 2 is 1.85 bits per heavy atom. The summed E-state index contributed by atoms with van der Waals surface area (Å²) in [7, 11) is 3.61. The van der Waals surface area contributed by atoms with Gasteiger partial charge >= 0.3 is 6.03 Å². The molecule has 2 rings (SSSR count). The van der Waals surface area contributed by atoms with Crippen molar-refractivity contribution in [2.24, 2.45) is 5.92 Å². The third kappa shape index (κ3) is 4.09. The van der Waals surface area contributed by atoms with Crippen molar-refractivity contribution in [3.05, 3.63) is 0 Å². The lowest BCUT2D eigenvalue weighted by molar-refractivity contribution is 0.0663. The van der Waals surface area contributed by atoms with Crippen molar-refractivity contribution in [2.45, 2.75) is 50.7 Å². The van der Waals surface area contributed by atoms with Crippen molar-refractivity contribution in [1.82, 2.24) is 15.1 Å². The van der Waals surface area contributed by atoms with Gasteiger partial charge in [-0.2, -0.15) is 0 Å². The number of nitrogens with zero attached hydrogens (tertiary/aromatic N) is 2. The van der Waals surface area contributed by atoms with Gasteiger partial charge in [-0.15, -0.1) is 0 Å². The Kier molecular flexibility index (Phi) is 5.66. The molecule has 0 bridgehead atoms. The van der Waals surface area contributed by atoms with Crippen LogP contribution in [0.25, 0.3) is 0 Å². The number of urea groups is 1. The number of likely N-dealkylation sites (tertiary alicyclic amines) is 1. The minimum atomic E-state index is -0.119. The number of aliphatic hydroxyl groups excluding tert-OH is 1. The van der Waals surface area contributed by atoms with Crippen LogP contribution < -0.4 is 5.32 Å². The molecule has 5 nitrogen and oxygen atoms in total. The smallest absolute Gasteiger partial charge is 0.319 e. The van der Waals surface area contributed by atoms with Crippen LogP contribution in [0.3, 0.4) is 0 Å². The first-order valence-electron chi connectivity index (χ1n) is 7.95. The molecule has 1 saturated carbocycles. The zero-order valence-corrected chi connectivity index (χ0v) is 12.8. The largest absolute Gasteiger partial charge is 0.393 e. The van der Waals surface area contributed by atoms with Gasteiger partial charge in [-0.1, -0.05) is 12.8 Å². The molecular formula is C15H29N3O2. The molecule has 1 saturated heterocycles. The van der Waals surface area contributed by atoms with Gasteiger partial charge in [0.25, 0.3) is 0 Å². The fourth-order valence-corrected chi connectivity index (χ4v) is 3.30. The lowest BCUT2D eigenvalue weighted by Gasteiger charge is -2.35. The third-order valence-corrected chi connectivity index (χ3v) is 4.69. The van der Waals surface area contributed by atoms with Gasteiger partial charge in [0, 0.05) is 39.8 Å². The lowest BCUT2D eigenvalue weighted by atomic mass is 9.86. The maximum atomic E-state index is 11.9. The molecule has 1 aliphatic carbocycles. The second kappa shape index (κ2) is 7.27. The number of carbonyl (C=O) groups excluding carboxylic acids is 1. The van der Waals surface area contributed by atoms with Gasteiger partial charge < -0.3 is 20.2 Å². The number of aliphatic hydroxyl groups is 1. The molecule has 20 heavy (non-hydrogen) atoms. The SMILES string of the molecule is CN(C)C(=O)N1CCC(NCC2CCCCC2O)CC1. The van der Waals surface area contributed by atoms with E-state index >= 15 is 0 Å². The highest BCUT2D eigenvalue weighted by Crippen LogP contribution is 2.24. The predicted molar refractivity (Wildman–Crippen MR) is 79.6 cm³/mol. The normalized spacial score (nSPS) is 28.4. The molecule has 1 aliphatic heterocycles. The Bertz CT molecular complexity index is 314. The number of amides is 2. The summed E-state index contributed by atoms with van der Waals surface area (Å²) >= 11 is 0. The lowest BCUT2D eigenvalue weighted by Crippen LogP contribution is -2.49. The van der Waals surface area contributed by atoms with Crippen LogP contribution in [0.4, 0.5) is 4.79 Å². The van der Waals surface area contributed by atoms with Gasteiger partial charge in [-0.3, -0.25) is 0 Å². The second-order valence-electron chi connectivity index (χ2n) is 6.46. The topological polar surface area (TPSA) is 55.8 Å². The standard InChI is InChI=1S/C15H29N3O2/c1-17(2)15(20)18-9-7-13(8-10-18)16-11-12-5-3-4-6-14(12)19/h12-14,16,19H,3-11H2,1-2H3.